The van der Waals surface area contributed by atoms with Gasteiger partial charge < -0.3 is 19.7 Å². The Morgan fingerprint density at radius 2 is 1.49 bits per heavy atom. The molecule has 0 aromatic heterocycles. The van der Waals surface area contributed by atoms with E-state index in [2.05, 4.69) is 5.32 Å². The van der Waals surface area contributed by atoms with Crippen LogP contribution in [0.25, 0.3) is 0 Å². The molecule has 0 saturated heterocycles. The lowest BCUT2D eigenvalue weighted by Gasteiger charge is -2.35. The second-order valence-corrected chi connectivity index (χ2v) is 13.4. The highest BCUT2D eigenvalue weighted by atomic mass is 32.2. The van der Waals surface area contributed by atoms with E-state index >= 15 is 0 Å². The zero-order valence-electron chi connectivity index (χ0n) is 26.3. The summed E-state index contributed by atoms with van der Waals surface area (Å²) < 4.78 is 40.3. The van der Waals surface area contributed by atoms with Crippen molar-refractivity contribution in [3.63, 3.8) is 0 Å². The summed E-state index contributed by atoms with van der Waals surface area (Å²) in [4.78, 5) is 29.1. The third-order valence-corrected chi connectivity index (χ3v) is 8.57. The maximum atomic E-state index is 14.3. The lowest BCUT2D eigenvalue weighted by molar-refractivity contribution is -0.141. The Morgan fingerprint density at radius 1 is 0.884 bits per heavy atom. The van der Waals surface area contributed by atoms with E-state index in [0.29, 0.717) is 17.9 Å². The number of aryl methyl sites for hydroxylation is 2. The Hall–Kier alpha value is -4.05. The van der Waals surface area contributed by atoms with Gasteiger partial charge in [0.1, 0.15) is 12.6 Å². The summed E-state index contributed by atoms with van der Waals surface area (Å²) in [6.45, 7) is 10.8. The number of nitrogens with one attached hydrogen (secondary N) is 1. The van der Waals surface area contributed by atoms with Gasteiger partial charge in [0.05, 0.1) is 24.8 Å². The van der Waals surface area contributed by atoms with Crippen molar-refractivity contribution in [2.45, 2.75) is 71.0 Å². The van der Waals surface area contributed by atoms with Crippen molar-refractivity contribution in [3.8, 4) is 11.5 Å². The molecule has 43 heavy (non-hydrogen) atoms. The number of anilines is 1. The highest BCUT2D eigenvalue weighted by molar-refractivity contribution is 7.92. The maximum Gasteiger partial charge on any atom is 0.264 e. The molecule has 0 aliphatic carbocycles. The minimum absolute atomic E-state index is 0.0655. The van der Waals surface area contributed by atoms with E-state index in [1.54, 1.807) is 12.1 Å². The van der Waals surface area contributed by atoms with Crippen molar-refractivity contribution in [1.29, 1.82) is 0 Å². The fourth-order valence-electron chi connectivity index (χ4n) is 4.88. The highest BCUT2D eigenvalue weighted by Crippen LogP contribution is 2.33. The molecule has 9 nitrogen and oxygen atoms in total. The van der Waals surface area contributed by atoms with Gasteiger partial charge in [0.15, 0.2) is 11.5 Å². The minimum atomic E-state index is -4.28. The largest absolute Gasteiger partial charge is 0.493 e. The minimum Gasteiger partial charge on any atom is -0.493 e. The number of hydrogen-bond donors (Lipinski definition) is 1. The Labute approximate surface area is 255 Å². The number of carbonyl (C=O) groups excluding carboxylic acids is 2. The molecule has 0 spiro atoms. The molecule has 0 unspecified atom stereocenters. The van der Waals surface area contributed by atoms with Crippen molar-refractivity contribution in [2.75, 3.05) is 25.1 Å². The smallest absolute Gasteiger partial charge is 0.264 e. The van der Waals surface area contributed by atoms with Crippen molar-refractivity contribution < 1.29 is 27.5 Å². The number of benzene rings is 3. The first kappa shape index (κ1) is 33.5. The number of hydrogen-bond acceptors (Lipinski definition) is 6. The van der Waals surface area contributed by atoms with E-state index in [1.165, 1.54) is 37.3 Å². The zero-order chi connectivity index (χ0) is 31.9. The van der Waals surface area contributed by atoms with Gasteiger partial charge in [-0.2, -0.15) is 0 Å². The molecular formula is C33H43N3O6S. The summed E-state index contributed by atoms with van der Waals surface area (Å²) in [6, 6.07) is 18.2. The fraction of sp³-hybridized carbons (Fsp3) is 0.394. The average molecular weight is 610 g/mol. The molecular weight excluding hydrogens is 566 g/mol. The molecule has 0 fully saturated rings. The molecule has 0 aliphatic heterocycles. The summed E-state index contributed by atoms with van der Waals surface area (Å²) >= 11 is 0. The average Bonchev–Trinajstić information content (AvgIpc) is 2.94. The summed E-state index contributed by atoms with van der Waals surface area (Å²) in [7, 11) is -1.39. The molecule has 0 radical (unpaired) electrons. The van der Waals surface area contributed by atoms with Crippen LogP contribution in [-0.4, -0.2) is 57.5 Å². The standard InChI is InChI=1S/C33H43N3O6S/c1-9-28(32(38)34-33(4,5)6)35(21-25-13-11-10-12-14-25)31(37)22-36(26-18-23(2)17-24(3)19-26)43(39,40)27-15-16-29(41-7)30(20-27)42-8/h10-20,28H,9,21-22H2,1-8H3,(H,34,38)/t28-/m1/s1. The molecule has 2 amide bonds. The molecule has 0 heterocycles. The third-order valence-electron chi connectivity index (χ3n) is 6.80. The summed E-state index contributed by atoms with van der Waals surface area (Å²) in [6.07, 6.45) is 0.340. The van der Waals surface area contributed by atoms with Crippen LogP contribution in [-0.2, 0) is 26.2 Å². The molecule has 0 bridgehead atoms. The van der Waals surface area contributed by atoms with Gasteiger partial charge in [0.2, 0.25) is 11.8 Å². The molecule has 3 aromatic rings. The van der Waals surface area contributed by atoms with Crippen molar-refractivity contribution in [3.05, 3.63) is 83.4 Å². The molecule has 232 valence electrons. The number of rotatable bonds is 12. The van der Waals surface area contributed by atoms with Crippen LogP contribution in [0.5, 0.6) is 11.5 Å². The lowest BCUT2D eigenvalue weighted by Crippen LogP contribution is -2.55. The number of sulfonamides is 1. The number of ether oxygens (including phenoxy) is 2. The van der Waals surface area contributed by atoms with Gasteiger partial charge in [0, 0.05) is 18.2 Å². The molecule has 0 aliphatic rings. The first-order valence-corrected chi connectivity index (χ1v) is 15.6. The zero-order valence-corrected chi connectivity index (χ0v) is 27.1. The summed E-state index contributed by atoms with van der Waals surface area (Å²) in [5.74, 6) is -0.200. The molecule has 3 aromatic carbocycles. The van der Waals surface area contributed by atoms with Crippen LogP contribution < -0.4 is 19.1 Å². The number of amides is 2. The summed E-state index contributed by atoms with van der Waals surface area (Å²) in [5, 5.41) is 2.98. The SMILES string of the molecule is CC[C@H](C(=O)NC(C)(C)C)N(Cc1ccccc1)C(=O)CN(c1cc(C)cc(C)c1)S(=O)(=O)c1ccc(OC)c(OC)c1. The van der Waals surface area contributed by atoms with E-state index in [1.807, 2.05) is 77.9 Å². The van der Waals surface area contributed by atoms with Gasteiger partial charge in [0.25, 0.3) is 10.0 Å². The molecule has 1 N–H and O–H groups in total. The second kappa shape index (κ2) is 13.9. The maximum absolute atomic E-state index is 14.3. The lowest BCUT2D eigenvalue weighted by atomic mass is 10.1. The normalized spacial score (nSPS) is 12.3. The number of nitrogens with zero attached hydrogens (tertiary/aromatic N) is 2. The molecule has 10 heteroatoms. The van der Waals surface area contributed by atoms with E-state index < -0.39 is 34.1 Å². The van der Waals surface area contributed by atoms with E-state index in [4.69, 9.17) is 9.47 Å². The Bertz CT molecular complexity index is 1510. The summed E-state index contributed by atoms with van der Waals surface area (Å²) in [5.41, 5.74) is 2.32. The highest BCUT2D eigenvalue weighted by Gasteiger charge is 2.35. The monoisotopic (exact) mass is 609 g/mol. The van der Waals surface area contributed by atoms with Crippen LogP contribution >= 0.6 is 0 Å². The Morgan fingerprint density at radius 3 is 2.02 bits per heavy atom. The molecule has 3 rings (SSSR count). The van der Waals surface area contributed by atoms with Crippen LogP contribution in [0.4, 0.5) is 5.69 Å². The third kappa shape index (κ3) is 8.50. The van der Waals surface area contributed by atoms with Crippen molar-refractivity contribution in [2.24, 2.45) is 0 Å². The quantitative estimate of drug-likeness (QED) is 0.301. The van der Waals surface area contributed by atoms with Gasteiger partial charge in [-0.05, 0) is 82.0 Å². The van der Waals surface area contributed by atoms with Gasteiger partial charge in [-0.25, -0.2) is 8.42 Å². The molecule has 0 saturated carbocycles. The first-order chi connectivity index (χ1) is 20.2. The van der Waals surface area contributed by atoms with Crippen LogP contribution in [0.3, 0.4) is 0 Å². The fourth-order valence-corrected chi connectivity index (χ4v) is 6.29. The van der Waals surface area contributed by atoms with Crippen LogP contribution in [0.1, 0.15) is 50.8 Å². The molecule has 1 atom stereocenters. The van der Waals surface area contributed by atoms with E-state index in [0.717, 1.165) is 21.0 Å². The topological polar surface area (TPSA) is 105 Å². The van der Waals surface area contributed by atoms with E-state index in [9.17, 15) is 18.0 Å². The van der Waals surface area contributed by atoms with Gasteiger partial charge in [-0.1, -0.05) is 43.3 Å². The first-order valence-electron chi connectivity index (χ1n) is 14.2. The van der Waals surface area contributed by atoms with Crippen LogP contribution in [0.15, 0.2) is 71.6 Å². The second-order valence-electron chi connectivity index (χ2n) is 11.5. The predicted molar refractivity (Wildman–Crippen MR) is 169 cm³/mol. The van der Waals surface area contributed by atoms with Crippen LogP contribution in [0, 0.1) is 13.8 Å². The predicted octanol–water partition coefficient (Wildman–Crippen LogP) is 5.24. The Balaban J connectivity index is 2.14. The van der Waals surface area contributed by atoms with Gasteiger partial charge in [-0.3, -0.25) is 13.9 Å². The number of methoxy groups -OCH3 is 2. The van der Waals surface area contributed by atoms with Crippen molar-refractivity contribution >= 4 is 27.5 Å². The van der Waals surface area contributed by atoms with Crippen molar-refractivity contribution in [1.82, 2.24) is 10.2 Å². The van der Waals surface area contributed by atoms with Gasteiger partial charge in [-0.15, -0.1) is 0 Å². The van der Waals surface area contributed by atoms with E-state index in [-0.39, 0.29) is 23.1 Å². The van der Waals surface area contributed by atoms with Gasteiger partial charge >= 0.3 is 0 Å². The number of carbonyl (C=O) groups is 2. The van der Waals surface area contributed by atoms with Crippen LogP contribution in [0.2, 0.25) is 0 Å². The Kier molecular flexibility index (Phi) is 10.9.